The molecule has 0 aromatic rings. The standard InChI is InChI=1S/C10H15.Y/c1-7-4-5-8-6-9(7)10(8,2)3;/h4,8-9H,1,5-6H2,2-3H3;/q-1;. The van der Waals surface area contributed by atoms with Crippen LogP contribution in [0.5, 0.6) is 0 Å². The van der Waals surface area contributed by atoms with E-state index in [2.05, 4.69) is 26.8 Å². The van der Waals surface area contributed by atoms with Crippen LogP contribution in [0, 0.1) is 24.2 Å². The van der Waals surface area contributed by atoms with Gasteiger partial charge in [-0.3, -0.25) is 0 Å². The third-order valence-corrected chi connectivity index (χ3v) is 3.58. The molecule has 0 aromatic heterocycles. The molecule has 0 N–H and O–H groups in total. The van der Waals surface area contributed by atoms with Gasteiger partial charge in [0.1, 0.15) is 0 Å². The van der Waals surface area contributed by atoms with Crippen LogP contribution in [0.2, 0.25) is 0 Å². The van der Waals surface area contributed by atoms with Gasteiger partial charge in [0.25, 0.3) is 0 Å². The molecule has 0 aromatic carbocycles. The van der Waals surface area contributed by atoms with Crippen molar-refractivity contribution in [1.82, 2.24) is 0 Å². The zero-order valence-electron chi connectivity index (χ0n) is 7.43. The van der Waals surface area contributed by atoms with Gasteiger partial charge in [0.2, 0.25) is 0 Å². The molecule has 1 radical (unpaired) electrons. The fraction of sp³-hybridized carbons (Fsp3) is 0.700. The maximum atomic E-state index is 4.07. The fourth-order valence-electron chi connectivity index (χ4n) is 2.48. The Morgan fingerprint density at radius 2 is 2.18 bits per heavy atom. The van der Waals surface area contributed by atoms with Crippen LogP contribution in [0.15, 0.2) is 11.6 Å². The number of allylic oxidation sites excluding steroid dienone is 2. The van der Waals surface area contributed by atoms with Crippen molar-refractivity contribution in [2.75, 3.05) is 0 Å². The second-order valence-corrected chi connectivity index (χ2v) is 4.32. The summed E-state index contributed by atoms with van der Waals surface area (Å²) in [6.45, 7) is 8.83. The van der Waals surface area contributed by atoms with Gasteiger partial charge in [-0.1, -0.05) is 20.3 Å². The van der Waals surface area contributed by atoms with E-state index in [1.54, 1.807) is 0 Å². The van der Waals surface area contributed by atoms with E-state index in [0.29, 0.717) is 5.41 Å². The number of hydrogen-bond acceptors (Lipinski definition) is 0. The van der Waals surface area contributed by atoms with Crippen molar-refractivity contribution in [3.63, 3.8) is 0 Å². The van der Waals surface area contributed by atoms with Gasteiger partial charge in [-0.05, 0) is 23.7 Å². The SMILES string of the molecule is [CH2-]C1=CCC2CC1C2(C)C.[Y]. The second-order valence-electron chi connectivity index (χ2n) is 4.32. The molecule has 2 unspecified atom stereocenters. The number of fused-ring (bicyclic) bond motifs is 1. The minimum absolute atomic E-state index is 0. The zero-order valence-corrected chi connectivity index (χ0v) is 10.3. The molecular weight excluding hydrogens is 209 g/mol. The van der Waals surface area contributed by atoms with E-state index in [4.69, 9.17) is 0 Å². The van der Waals surface area contributed by atoms with Gasteiger partial charge in [-0.25, -0.2) is 18.6 Å². The maximum absolute atomic E-state index is 4.07. The summed E-state index contributed by atoms with van der Waals surface area (Å²) in [4.78, 5) is 0. The van der Waals surface area contributed by atoms with Gasteiger partial charge >= 0.3 is 0 Å². The summed E-state index contributed by atoms with van der Waals surface area (Å²) in [5, 5.41) is 0. The molecule has 3 rings (SSSR count). The van der Waals surface area contributed by atoms with Crippen molar-refractivity contribution < 1.29 is 32.7 Å². The molecule has 1 fully saturated rings. The minimum atomic E-state index is 0. The molecule has 2 atom stereocenters. The van der Waals surface area contributed by atoms with Gasteiger partial charge in [0.15, 0.2) is 0 Å². The van der Waals surface area contributed by atoms with Crippen LogP contribution in [0.3, 0.4) is 0 Å². The third kappa shape index (κ3) is 1.23. The summed E-state index contributed by atoms with van der Waals surface area (Å²) in [6.07, 6.45) is 5.01. The molecule has 1 saturated carbocycles. The van der Waals surface area contributed by atoms with Crippen molar-refractivity contribution in [2.24, 2.45) is 17.3 Å². The first kappa shape index (κ1) is 9.80. The van der Waals surface area contributed by atoms with Crippen molar-refractivity contribution in [1.29, 1.82) is 0 Å². The van der Waals surface area contributed by atoms with Gasteiger partial charge in [0, 0.05) is 32.7 Å². The van der Waals surface area contributed by atoms with E-state index in [1.165, 1.54) is 18.4 Å². The predicted octanol–water partition coefficient (Wildman–Crippen LogP) is 2.81. The minimum Gasteiger partial charge on any atom is -0.242 e. The Bertz CT molecular complexity index is 191. The monoisotopic (exact) mass is 224 g/mol. The summed E-state index contributed by atoms with van der Waals surface area (Å²) in [5.74, 6) is 1.77. The molecule has 0 aliphatic heterocycles. The van der Waals surface area contributed by atoms with E-state index < -0.39 is 0 Å². The van der Waals surface area contributed by atoms with Crippen molar-refractivity contribution in [3.8, 4) is 0 Å². The summed E-state index contributed by atoms with van der Waals surface area (Å²) in [7, 11) is 0. The van der Waals surface area contributed by atoms with E-state index in [9.17, 15) is 0 Å². The van der Waals surface area contributed by atoms with Gasteiger partial charge < -0.3 is 0 Å². The molecule has 2 bridgehead atoms. The molecular formula is C10H15Y-. The molecule has 11 heavy (non-hydrogen) atoms. The van der Waals surface area contributed by atoms with Crippen LogP contribution in [0.1, 0.15) is 26.7 Å². The Labute approximate surface area is 94.7 Å². The second kappa shape index (κ2) is 2.89. The van der Waals surface area contributed by atoms with Crippen LogP contribution in [0.4, 0.5) is 0 Å². The summed E-state index contributed by atoms with van der Waals surface area (Å²) >= 11 is 0. The molecule has 0 nitrogen and oxygen atoms in total. The van der Waals surface area contributed by atoms with Gasteiger partial charge in [-0.15, -0.1) is 0 Å². The van der Waals surface area contributed by atoms with Crippen LogP contribution in [-0.2, 0) is 32.7 Å². The Morgan fingerprint density at radius 3 is 2.45 bits per heavy atom. The Kier molecular flexibility index (Phi) is 2.57. The van der Waals surface area contributed by atoms with Crippen molar-refractivity contribution >= 4 is 0 Å². The topological polar surface area (TPSA) is 0 Å². The number of rotatable bonds is 0. The van der Waals surface area contributed by atoms with Crippen molar-refractivity contribution in [2.45, 2.75) is 26.7 Å². The van der Waals surface area contributed by atoms with E-state index in [1.807, 2.05) is 0 Å². The largest absolute Gasteiger partial charge is 0.242 e. The van der Waals surface area contributed by atoms with Crippen molar-refractivity contribution in [3.05, 3.63) is 18.6 Å². The van der Waals surface area contributed by atoms with Gasteiger partial charge in [-0.2, -0.15) is 0 Å². The molecule has 1 heteroatoms. The van der Waals surface area contributed by atoms with Crippen LogP contribution < -0.4 is 0 Å². The van der Waals surface area contributed by atoms with Crippen LogP contribution in [-0.4, -0.2) is 0 Å². The Hall–Kier alpha value is 0.714. The smallest absolute Gasteiger partial charge is 0 e. The summed E-state index contributed by atoms with van der Waals surface area (Å²) in [6, 6.07) is 0. The summed E-state index contributed by atoms with van der Waals surface area (Å²) in [5.41, 5.74) is 1.97. The van der Waals surface area contributed by atoms with Crippen LogP contribution in [0.25, 0.3) is 0 Å². The van der Waals surface area contributed by atoms with E-state index >= 15 is 0 Å². The summed E-state index contributed by atoms with van der Waals surface area (Å²) < 4.78 is 0. The first-order chi connectivity index (χ1) is 4.62. The average Bonchev–Trinajstić information content (AvgIpc) is 1.87. The third-order valence-electron chi connectivity index (χ3n) is 3.58. The normalized spacial score (nSPS) is 38.2. The quantitative estimate of drug-likeness (QED) is 0.555. The molecule has 59 valence electrons. The molecule has 0 amide bonds. The molecule has 0 heterocycles. The fourth-order valence-corrected chi connectivity index (χ4v) is 2.48. The number of hydrogen-bond donors (Lipinski definition) is 0. The molecule has 0 spiro atoms. The Balaban J connectivity index is 0.000000605. The van der Waals surface area contributed by atoms with E-state index in [0.717, 1.165) is 11.8 Å². The zero-order chi connectivity index (χ0) is 7.35. The molecule has 3 aliphatic carbocycles. The maximum Gasteiger partial charge on any atom is 0 e. The van der Waals surface area contributed by atoms with E-state index in [-0.39, 0.29) is 32.7 Å². The first-order valence-electron chi connectivity index (χ1n) is 4.14. The average molecular weight is 224 g/mol. The first-order valence-corrected chi connectivity index (χ1v) is 4.14. The molecule has 0 saturated heterocycles. The van der Waals surface area contributed by atoms with Gasteiger partial charge in [0.05, 0.1) is 0 Å². The molecule has 3 aliphatic rings. The predicted molar refractivity (Wildman–Crippen MR) is 43.4 cm³/mol. The Morgan fingerprint density at radius 1 is 1.55 bits per heavy atom. The van der Waals surface area contributed by atoms with Crippen LogP contribution >= 0.6 is 0 Å².